The van der Waals surface area contributed by atoms with Crippen LogP contribution >= 0.6 is 0 Å². The van der Waals surface area contributed by atoms with Gasteiger partial charge < -0.3 is 15.4 Å². The Bertz CT molecular complexity index is 671. The third-order valence-corrected chi connectivity index (χ3v) is 2.74. The zero-order valence-electron chi connectivity index (χ0n) is 11.9. The van der Waals surface area contributed by atoms with Crippen LogP contribution in [0.2, 0.25) is 0 Å². The summed E-state index contributed by atoms with van der Waals surface area (Å²) in [5, 5.41) is 15.9. The molecule has 2 N–H and O–H groups in total. The Balaban J connectivity index is 1.97. The zero-order chi connectivity index (χ0) is 15.9. The van der Waals surface area contributed by atoms with Crippen LogP contribution in [0.25, 0.3) is 0 Å². The molecule has 0 unspecified atom stereocenters. The maximum atomic E-state index is 11.9. The van der Waals surface area contributed by atoms with E-state index in [-0.39, 0.29) is 5.69 Å². The first kappa shape index (κ1) is 15.3. The number of nitrogens with zero attached hydrogens (tertiary/aromatic N) is 1. The molecule has 7 nitrogen and oxygen atoms in total. The summed E-state index contributed by atoms with van der Waals surface area (Å²) < 4.78 is 5.30. The fourth-order valence-electron chi connectivity index (χ4n) is 1.79. The summed E-state index contributed by atoms with van der Waals surface area (Å²) in [6.45, 7) is 2.46. The van der Waals surface area contributed by atoms with Gasteiger partial charge in [-0.3, -0.25) is 10.1 Å². The van der Waals surface area contributed by atoms with Crippen molar-refractivity contribution in [3.63, 3.8) is 0 Å². The molecule has 0 aromatic heterocycles. The van der Waals surface area contributed by atoms with E-state index in [1.165, 1.54) is 18.2 Å². The van der Waals surface area contributed by atoms with Crippen molar-refractivity contribution in [2.24, 2.45) is 0 Å². The molecule has 0 radical (unpaired) electrons. The van der Waals surface area contributed by atoms with Crippen LogP contribution in [0.4, 0.5) is 21.9 Å². The van der Waals surface area contributed by atoms with E-state index in [1.807, 2.05) is 6.92 Å². The Morgan fingerprint density at radius 2 is 1.82 bits per heavy atom. The molecule has 0 aliphatic rings. The van der Waals surface area contributed by atoms with Crippen molar-refractivity contribution in [2.45, 2.75) is 6.92 Å². The number of nitro groups is 1. The molecule has 114 valence electrons. The first-order valence-electron chi connectivity index (χ1n) is 6.64. The van der Waals surface area contributed by atoms with Gasteiger partial charge in [-0.15, -0.1) is 0 Å². The molecule has 0 spiro atoms. The molecule has 0 atom stereocenters. The summed E-state index contributed by atoms with van der Waals surface area (Å²) >= 11 is 0. The lowest BCUT2D eigenvalue weighted by atomic mass is 10.3. The maximum Gasteiger partial charge on any atom is 0.323 e. The molecule has 2 aromatic carbocycles. The van der Waals surface area contributed by atoms with Gasteiger partial charge in [0.1, 0.15) is 5.75 Å². The number of urea groups is 1. The lowest BCUT2D eigenvalue weighted by Gasteiger charge is -2.08. The average molecular weight is 301 g/mol. The number of non-ortho nitro benzene ring substituents is 1. The maximum absolute atomic E-state index is 11.9. The fourth-order valence-corrected chi connectivity index (χ4v) is 1.79. The van der Waals surface area contributed by atoms with Crippen molar-refractivity contribution in [3.8, 4) is 5.75 Å². The minimum Gasteiger partial charge on any atom is -0.494 e. The molecule has 0 bridgehead atoms. The van der Waals surface area contributed by atoms with Crippen molar-refractivity contribution < 1.29 is 14.5 Å². The van der Waals surface area contributed by atoms with E-state index < -0.39 is 11.0 Å². The summed E-state index contributed by atoms with van der Waals surface area (Å²) in [5.41, 5.74) is 0.850. The summed E-state index contributed by atoms with van der Waals surface area (Å²) in [7, 11) is 0. The highest BCUT2D eigenvalue weighted by Crippen LogP contribution is 2.18. The number of rotatable bonds is 5. The van der Waals surface area contributed by atoms with Gasteiger partial charge in [-0.2, -0.15) is 0 Å². The Kier molecular flexibility index (Phi) is 4.92. The van der Waals surface area contributed by atoms with Gasteiger partial charge in [-0.05, 0) is 37.3 Å². The first-order chi connectivity index (χ1) is 10.6. The largest absolute Gasteiger partial charge is 0.494 e. The van der Waals surface area contributed by atoms with E-state index in [4.69, 9.17) is 4.74 Å². The molecular formula is C15H15N3O4. The van der Waals surface area contributed by atoms with Crippen molar-refractivity contribution >= 4 is 23.1 Å². The van der Waals surface area contributed by atoms with Gasteiger partial charge in [-0.25, -0.2) is 4.79 Å². The number of anilines is 2. The molecule has 2 aromatic rings. The highest BCUT2D eigenvalue weighted by molar-refractivity contribution is 5.99. The second kappa shape index (κ2) is 7.07. The lowest BCUT2D eigenvalue weighted by Crippen LogP contribution is -2.19. The molecular weight excluding hydrogens is 286 g/mol. The van der Waals surface area contributed by atoms with Crippen molar-refractivity contribution in [1.82, 2.24) is 0 Å². The van der Waals surface area contributed by atoms with Gasteiger partial charge in [-0.1, -0.05) is 6.07 Å². The molecule has 0 heterocycles. The Hall–Kier alpha value is -3.09. The summed E-state index contributed by atoms with van der Waals surface area (Å²) in [4.78, 5) is 22.0. The standard InChI is InChI=1S/C15H15N3O4/c1-2-22-14-8-6-11(7-9-14)16-15(19)17-12-4-3-5-13(10-12)18(20)21/h3-10H,2H2,1H3,(H2,16,17,19). The normalized spacial score (nSPS) is 9.86. The molecule has 2 amide bonds. The number of carbonyl (C=O) groups is 1. The molecule has 7 heteroatoms. The Morgan fingerprint density at radius 1 is 1.14 bits per heavy atom. The van der Waals surface area contributed by atoms with E-state index in [9.17, 15) is 14.9 Å². The number of ether oxygens (including phenoxy) is 1. The smallest absolute Gasteiger partial charge is 0.323 e. The second-order valence-electron chi connectivity index (χ2n) is 4.34. The molecule has 2 rings (SSSR count). The Morgan fingerprint density at radius 3 is 2.45 bits per heavy atom. The lowest BCUT2D eigenvalue weighted by molar-refractivity contribution is -0.384. The van der Waals surface area contributed by atoms with Crippen LogP contribution in [0.5, 0.6) is 5.75 Å². The number of hydrogen-bond acceptors (Lipinski definition) is 4. The predicted molar refractivity (Wildman–Crippen MR) is 83.3 cm³/mol. The van der Waals surface area contributed by atoms with Crippen LogP contribution in [0.3, 0.4) is 0 Å². The molecule has 22 heavy (non-hydrogen) atoms. The molecule has 0 aliphatic heterocycles. The van der Waals surface area contributed by atoms with Gasteiger partial charge in [0.15, 0.2) is 0 Å². The topological polar surface area (TPSA) is 93.5 Å². The van der Waals surface area contributed by atoms with Gasteiger partial charge in [0.05, 0.1) is 11.5 Å². The fraction of sp³-hybridized carbons (Fsp3) is 0.133. The quantitative estimate of drug-likeness (QED) is 0.651. The van der Waals surface area contributed by atoms with E-state index in [0.29, 0.717) is 23.7 Å². The van der Waals surface area contributed by atoms with E-state index in [2.05, 4.69) is 10.6 Å². The summed E-state index contributed by atoms with van der Waals surface area (Å²) in [6.07, 6.45) is 0. The van der Waals surface area contributed by atoms with Crippen molar-refractivity contribution in [3.05, 3.63) is 58.6 Å². The third kappa shape index (κ3) is 4.20. The first-order valence-corrected chi connectivity index (χ1v) is 6.64. The zero-order valence-corrected chi connectivity index (χ0v) is 11.9. The van der Waals surface area contributed by atoms with E-state index >= 15 is 0 Å². The van der Waals surface area contributed by atoms with Crippen LogP contribution in [-0.2, 0) is 0 Å². The molecule has 0 saturated heterocycles. The monoisotopic (exact) mass is 301 g/mol. The van der Waals surface area contributed by atoms with Gasteiger partial charge in [0.25, 0.3) is 5.69 Å². The Labute approximate surface area is 127 Å². The number of hydrogen-bond donors (Lipinski definition) is 2. The van der Waals surface area contributed by atoms with Gasteiger partial charge in [0.2, 0.25) is 0 Å². The van der Waals surface area contributed by atoms with Gasteiger partial charge in [0, 0.05) is 23.5 Å². The van der Waals surface area contributed by atoms with Crippen LogP contribution in [-0.4, -0.2) is 17.6 Å². The summed E-state index contributed by atoms with van der Waals surface area (Å²) in [6, 6.07) is 12.1. The van der Waals surface area contributed by atoms with Crippen LogP contribution in [0.15, 0.2) is 48.5 Å². The minimum absolute atomic E-state index is 0.0844. The minimum atomic E-state index is -0.518. The van der Waals surface area contributed by atoms with Crippen molar-refractivity contribution in [1.29, 1.82) is 0 Å². The molecule has 0 aliphatic carbocycles. The number of benzene rings is 2. The van der Waals surface area contributed by atoms with Crippen LogP contribution in [0, 0.1) is 10.1 Å². The molecule has 0 saturated carbocycles. The highest BCUT2D eigenvalue weighted by Gasteiger charge is 2.08. The number of carbonyl (C=O) groups excluding carboxylic acids is 1. The van der Waals surface area contributed by atoms with Crippen molar-refractivity contribution in [2.75, 3.05) is 17.2 Å². The average Bonchev–Trinajstić information content (AvgIpc) is 2.49. The van der Waals surface area contributed by atoms with Crippen LogP contribution in [0.1, 0.15) is 6.92 Å². The summed E-state index contributed by atoms with van der Waals surface area (Å²) in [5.74, 6) is 0.715. The number of nitro benzene ring substituents is 1. The SMILES string of the molecule is CCOc1ccc(NC(=O)Nc2cccc([N+](=O)[O-])c2)cc1. The highest BCUT2D eigenvalue weighted by atomic mass is 16.6. The second-order valence-corrected chi connectivity index (χ2v) is 4.34. The van der Waals surface area contributed by atoms with E-state index in [0.717, 1.165) is 0 Å². The number of amides is 2. The van der Waals surface area contributed by atoms with Gasteiger partial charge >= 0.3 is 6.03 Å². The predicted octanol–water partition coefficient (Wildman–Crippen LogP) is 3.64. The molecule has 0 fully saturated rings. The van der Waals surface area contributed by atoms with Crippen LogP contribution < -0.4 is 15.4 Å². The number of nitrogens with one attached hydrogen (secondary N) is 2. The third-order valence-electron chi connectivity index (χ3n) is 2.74. The van der Waals surface area contributed by atoms with E-state index in [1.54, 1.807) is 30.3 Å².